The van der Waals surface area contributed by atoms with Gasteiger partial charge in [-0.3, -0.25) is 4.79 Å². The maximum absolute atomic E-state index is 12.8. The van der Waals surface area contributed by atoms with Crippen LogP contribution in [0.15, 0.2) is 59.5 Å². The lowest BCUT2D eigenvalue weighted by Crippen LogP contribution is -2.45. The van der Waals surface area contributed by atoms with Gasteiger partial charge in [0.15, 0.2) is 0 Å². The van der Waals surface area contributed by atoms with Crippen LogP contribution in [0.5, 0.6) is 5.75 Å². The van der Waals surface area contributed by atoms with Gasteiger partial charge >= 0.3 is 0 Å². The molecule has 0 aliphatic carbocycles. The Morgan fingerprint density at radius 2 is 1.83 bits per heavy atom. The maximum atomic E-state index is 12.8. The molecule has 1 N–H and O–H groups in total. The van der Waals surface area contributed by atoms with Gasteiger partial charge in [0.05, 0.1) is 17.4 Å². The van der Waals surface area contributed by atoms with Gasteiger partial charge in [0.25, 0.3) is 0 Å². The number of nitrogens with one attached hydrogen (secondary N) is 1. The van der Waals surface area contributed by atoms with E-state index in [1.807, 2.05) is 24.3 Å². The standard InChI is InChI=1S/C23H30N2O4S/c1-18(2)21-12-6-7-13-22(21)29-16-14-24-23(26)19-9-8-15-25(17-19)30(27,28)20-10-4-3-5-11-20/h3-7,10-13,18-19H,8-9,14-17H2,1-2H3,(H,24,26). The van der Waals surface area contributed by atoms with E-state index in [2.05, 4.69) is 19.2 Å². The maximum Gasteiger partial charge on any atom is 0.243 e. The molecule has 30 heavy (non-hydrogen) atoms. The van der Waals surface area contributed by atoms with Gasteiger partial charge in [-0.25, -0.2) is 8.42 Å². The lowest BCUT2D eigenvalue weighted by molar-refractivity contribution is -0.126. The van der Waals surface area contributed by atoms with E-state index >= 15 is 0 Å². The Labute approximate surface area is 179 Å². The summed E-state index contributed by atoms with van der Waals surface area (Å²) in [6.45, 7) is 5.63. The van der Waals surface area contributed by atoms with Crippen molar-refractivity contribution >= 4 is 15.9 Å². The predicted molar refractivity (Wildman–Crippen MR) is 117 cm³/mol. The van der Waals surface area contributed by atoms with Crippen molar-refractivity contribution in [2.24, 2.45) is 5.92 Å². The van der Waals surface area contributed by atoms with E-state index in [9.17, 15) is 13.2 Å². The monoisotopic (exact) mass is 430 g/mol. The second-order valence-corrected chi connectivity index (χ2v) is 9.79. The number of hydrogen-bond acceptors (Lipinski definition) is 4. The third-order valence-corrected chi connectivity index (χ3v) is 7.22. The van der Waals surface area contributed by atoms with E-state index < -0.39 is 10.0 Å². The predicted octanol–water partition coefficient (Wildman–Crippen LogP) is 3.41. The first-order valence-electron chi connectivity index (χ1n) is 10.4. The van der Waals surface area contributed by atoms with E-state index in [-0.39, 0.29) is 23.3 Å². The van der Waals surface area contributed by atoms with Crippen molar-refractivity contribution in [2.75, 3.05) is 26.2 Å². The van der Waals surface area contributed by atoms with Crippen LogP contribution in [0.1, 0.15) is 38.2 Å². The molecule has 6 nitrogen and oxygen atoms in total. The van der Waals surface area contributed by atoms with Gasteiger partial charge in [-0.15, -0.1) is 0 Å². The van der Waals surface area contributed by atoms with Crippen molar-refractivity contribution in [3.63, 3.8) is 0 Å². The molecule has 0 saturated carbocycles. The van der Waals surface area contributed by atoms with E-state index in [4.69, 9.17) is 4.74 Å². The van der Waals surface area contributed by atoms with Crippen LogP contribution in [0.25, 0.3) is 0 Å². The number of para-hydroxylation sites is 1. The average molecular weight is 431 g/mol. The largest absolute Gasteiger partial charge is 0.491 e. The Hall–Kier alpha value is -2.38. The fourth-order valence-corrected chi connectivity index (χ4v) is 5.23. The molecule has 1 unspecified atom stereocenters. The highest BCUT2D eigenvalue weighted by atomic mass is 32.2. The highest BCUT2D eigenvalue weighted by Gasteiger charge is 2.33. The fourth-order valence-electron chi connectivity index (χ4n) is 3.68. The molecule has 3 rings (SSSR count). The molecule has 0 radical (unpaired) electrons. The molecule has 0 bridgehead atoms. The number of rotatable bonds is 8. The van der Waals surface area contributed by atoms with Gasteiger partial charge in [-0.2, -0.15) is 4.31 Å². The van der Waals surface area contributed by atoms with Crippen LogP contribution in [-0.4, -0.2) is 44.9 Å². The van der Waals surface area contributed by atoms with Crippen LogP contribution in [0.4, 0.5) is 0 Å². The van der Waals surface area contributed by atoms with Gasteiger partial charge in [0, 0.05) is 13.1 Å². The summed E-state index contributed by atoms with van der Waals surface area (Å²) in [6.07, 6.45) is 1.35. The first kappa shape index (κ1) is 22.3. The highest BCUT2D eigenvalue weighted by molar-refractivity contribution is 7.89. The number of carbonyl (C=O) groups is 1. The van der Waals surface area contributed by atoms with Crippen LogP contribution in [-0.2, 0) is 14.8 Å². The van der Waals surface area contributed by atoms with Crippen LogP contribution in [0, 0.1) is 5.92 Å². The molecule has 1 heterocycles. The van der Waals surface area contributed by atoms with Crippen molar-refractivity contribution < 1.29 is 17.9 Å². The Kier molecular flexibility index (Phi) is 7.50. The number of benzene rings is 2. The second kappa shape index (κ2) is 10.1. The van der Waals surface area contributed by atoms with Gasteiger partial charge < -0.3 is 10.1 Å². The van der Waals surface area contributed by atoms with Gasteiger partial charge in [-0.1, -0.05) is 50.2 Å². The van der Waals surface area contributed by atoms with E-state index in [0.717, 1.165) is 11.3 Å². The minimum Gasteiger partial charge on any atom is -0.491 e. The summed E-state index contributed by atoms with van der Waals surface area (Å²) < 4.78 is 32.9. The first-order chi connectivity index (χ1) is 14.4. The summed E-state index contributed by atoms with van der Waals surface area (Å²) >= 11 is 0. The smallest absolute Gasteiger partial charge is 0.243 e. The Bertz CT molecular complexity index is 945. The number of ether oxygens (including phenoxy) is 1. The third-order valence-electron chi connectivity index (χ3n) is 5.34. The molecule has 1 aliphatic heterocycles. The average Bonchev–Trinajstić information content (AvgIpc) is 2.77. The molecule has 162 valence electrons. The van der Waals surface area contributed by atoms with Gasteiger partial charge in [-0.05, 0) is 42.5 Å². The van der Waals surface area contributed by atoms with Crippen molar-refractivity contribution in [3.05, 3.63) is 60.2 Å². The lowest BCUT2D eigenvalue weighted by atomic mass is 9.99. The number of amides is 1. The fraction of sp³-hybridized carbons (Fsp3) is 0.435. The van der Waals surface area contributed by atoms with Gasteiger partial charge in [0.2, 0.25) is 15.9 Å². The van der Waals surface area contributed by atoms with E-state index in [0.29, 0.717) is 38.5 Å². The molecule has 2 aromatic rings. The minimum absolute atomic E-state index is 0.122. The topological polar surface area (TPSA) is 75.7 Å². The normalized spacial score (nSPS) is 17.6. The molecule has 1 fully saturated rings. The van der Waals surface area contributed by atoms with Crippen molar-refractivity contribution in [1.82, 2.24) is 9.62 Å². The minimum atomic E-state index is -3.57. The molecule has 7 heteroatoms. The molecule has 1 amide bonds. The summed E-state index contributed by atoms with van der Waals surface area (Å²) in [5.74, 6) is 0.721. The quantitative estimate of drug-likeness (QED) is 0.651. The number of hydrogen-bond donors (Lipinski definition) is 1. The summed E-state index contributed by atoms with van der Waals surface area (Å²) in [5, 5.41) is 2.90. The van der Waals surface area contributed by atoms with Gasteiger partial charge in [0.1, 0.15) is 12.4 Å². The SMILES string of the molecule is CC(C)c1ccccc1OCCNC(=O)C1CCCN(S(=O)(=O)c2ccccc2)C1. The van der Waals surface area contributed by atoms with Crippen molar-refractivity contribution in [1.29, 1.82) is 0 Å². The number of piperidine rings is 1. The van der Waals surface area contributed by atoms with Crippen molar-refractivity contribution in [3.8, 4) is 5.75 Å². The summed E-state index contributed by atoms with van der Waals surface area (Å²) in [7, 11) is -3.57. The molecule has 1 aliphatic rings. The number of sulfonamides is 1. The second-order valence-electron chi connectivity index (χ2n) is 7.85. The summed E-state index contributed by atoms with van der Waals surface area (Å²) in [4.78, 5) is 12.9. The molecule has 0 spiro atoms. The number of nitrogens with zero attached hydrogens (tertiary/aromatic N) is 1. The van der Waals surface area contributed by atoms with E-state index in [1.54, 1.807) is 30.3 Å². The van der Waals surface area contributed by atoms with Crippen LogP contribution in [0.3, 0.4) is 0 Å². The Morgan fingerprint density at radius 3 is 2.57 bits per heavy atom. The zero-order valence-corrected chi connectivity index (χ0v) is 18.4. The molecular weight excluding hydrogens is 400 g/mol. The highest BCUT2D eigenvalue weighted by Crippen LogP contribution is 2.26. The Morgan fingerprint density at radius 1 is 1.13 bits per heavy atom. The van der Waals surface area contributed by atoms with Crippen LogP contribution in [0.2, 0.25) is 0 Å². The number of carbonyl (C=O) groups excluding carboxylic acids is 1. The van der Waals surface area contributed by atoms with Crippen LogP contribution >= 0.6 is 0 Å². The molecule has 0 aromatic heterocycles. The zero-order valence-electron chi connectivity index (χ0n) is 17.6. The molecule has 1 atom stereocenters. The van der Waals surface area contributed by atoms with Crippen molar-refractivity contribution in [2.45, 2.75) is 37.5 Å². The van der Waals surface area contributed by atoms with E-state index in [1.165, 1.54) is 4.31 Å². The first-order valence-corrected chi connectivity index (χ1v) is 11.9. The zero-order chi connectivity index (χ0) is 21.6. The molecule has 2 aromatic carbocycles. The summed E-state index contributed by atoms with van der Waals surface area (Å²) in [5.41, 5.74) is 1.14. The molecular formula is C23H30N2O4S. The third kappa shape index (κ3) is 5.40. The lowest BCUT2D eigenvalue weighted by Gasteiger charge is -2.31. The Balaban J connectivity index is 1.51. The van der Waals surface area contributed by atoms with Crippen LogP contribution < -0.4 is 10.1 Å². The summed E-state index contributed by atoms with van der Waals surface area (Å²) in [6, 6.07) is 16.3. The molecule has 1 saturated heterocycles.